The molecule has 0 aliphatic rings. The van der Waals surface area contributed by atoms with Crippen molar-refractivity contribution in [2.75, 3.05) is 0 Å². The maximum atomic E-state index is 9.46. The molecule has 2 N–H and O–H groups in total. The van der Waals surface area contributed by atoms with E-state index in [1.165, 1.54) is 0 Å². The maximum absolute atomic E-state index is 9.46. The fourth-order valence-corrected chi connectivity index (χ4v) is 2.55. The normalized spacial score (nSPS) is 10.9. The molecule has 4 heteroatoms. The molecule has 1 heterocycles. The lowest BCUT2D eigenvalue weighted by atomic mass is 10.1. The van der Waals surface area contributed by atoms with Crippen LogP contribution in [0, 0.1) is 0 Å². The van der Waals surface area contributed by atoms with Crippen LogP contribution in [0.25, 0.3) is 10.1 Å². The monoisotopic (exact) mass is 212 g/mol. The molecule has 0 amide bonds. The van der Waals surface area contributed by atoms with E-state index >= 15 is 0 Å². The van der Waals surface area contributed by atoms with Gasteiger partial charge in [-0.3, -0.25) is 0 Å². The van der Waals surface area contributed by atoms with Crippen molar-refractivity contribution in [2.45, 2.75) is 11.5 Å². The summed E-state index contributed by atoms with van der Waals surface area (Å²) in [5, 5.41) is 21.4. The predicted octanol–water partition coefficient (Wildman–Crippen LogP) is 2.39. The van der Waals surface area contributed by atoms with Gasteiger partial charge in [-0.05, 0) is 22.9 Å². The summed E-state index contributed by atoms with van der Waals surface area (Å²) in [6.07, 6.45) is 0. The van der Waals surface area contributed by atoms with Gasteiger partial charge in [0.05, 0.1) is 11.5 Å². The number of phenols is 1. The van der Waals surface area contributed by atoms with Crippen molar-refractivity contribution in [3.05, 3.63) is 23.1 Å². The van der Waals surface area contributed by atoms with Crippen molar-refractivity contribution >= 4 is 34.1 Å². The van der Waals surface area contributed by atoms with Gasteiger partial charge in [-0.15, -0.1) is 24.0 Å². The van der Waals surface area contributed by atoms with Crippen molar-refractivity contribution in [1.29, 1.82) is 0 Å². The Morgan fingerprint density at radius 2 is 2.23 bits per heavy atom. The van der Waals surface area contributed by atoms with E-state index in [2.05, 4.69) is 12.6 Å². The predicted molar refractivity (Wildman–Crippen MR) is 56.7 cm³/mol. The second-order valence-corrected chi connectivity index (χ2v) is 4.08. The van der Waals surface area contributed by atoms with E-state index in [1.807, 2.05) is 11.4 Å². The first kappa shape index (κ1) is 8.87. The molecule has 13 heavy (non-hydrogen) atoms. The summed E-state index contributed by atoms with van der Waals surface area (Å²) in [6, 6.07) is 3.57. The van der Waals surface area contributed by atoms with Crippen LogP contribution in [0.5, 0.6) is 5.75 Å². The highest BCUT2D eigenvalue weighted by molar-refractivity contribution is 7.80. The van der Waals surface area contributed by atoms with Crippen molar-refractivity contribution < 1.29 is 10.2 Å². The van der Waals surface area contributed by atoms with Gasteiger partial charge in [-0.2, -0.15) is 0 Å². The molecular formula is C9H8O2S2. The first-order valence-electron chi connectivity index (χ1n) is 3.76. The fraction of sp³-hybridized carbons (Fsp3) is 0.111. The highest BCUT2D eigenvalue weighted by atomic mass is 32.1. The first-order chi connectivity index (χ1) is 6.24. The molecule has 0 bridgehead atoms. The number of rotatable bonds is 1. The number of hydrogen-bond acceptors (Lipinski definition) is 4. The summed E-state index contributed by atoms with van der Waals surface area (Å²) in [6.45, 7) is -0.0930. The Labute approximate surface area is 84.9 Å². The summed E-state index contributed by atoms with van der Waals surface area (Å²) >= 11 is 5.68. The van der Waals surface area contributed by atoms with Crippen LogP contribution < -0.4 is 0 Å². The van der Waals surface area contributed by atoms with Gasteiger partial charge in [0, 0.05) is 10.3 Å². The molecule has 0 atom stereocenters. The Kier molecular flexibility index (Phi) is 2.19. The van der Waals surface area contributed by atoms with Crippen LogP contribution in [-0.2, 0) is 6.61 Å². The zero-order valence-electron chi connectivity index (χ0n) is 6.69. The number of thiol groups is 1. The second-order valence-electron chi connectivity index (χ2n) is 2.72. The Morgan fingerprint density at radius 1 is 1.46 bits per heavy atom. The minimum Gasteiger partial charge on any atom is -0.507 e. The number of fused-ring (bicyclic) bond motifs is 1. The molecule has 0 spiro atoms. The molecule has 1 aromatic heterocycles. The van der Waals surface area contributed by atoms with E-state index in [9.17, 15) is 5.11 Å². The molecule has 0 fully saturated rings. The number of aliphatic hydroxyl groups excluding tert-OH is 1. The molecule has 0 aliphatic carbocycles. The fourth-order valence-electron chi connectivity index (χ4n) is 1.30. The Bertz CT molecular complexity index is 448. The van der Waals surface area contributed by atoms with E-state index in [0.717, 1.165) is 10.1 Å². The van der Waals surface area contributed by atoms with Crippen LogP contribution in [0.1, 0.15) is 5.56 Å². The van der Waals surface area contributed by atoms with Gasteiger partial charge in [0.1, 0.15) is 5.75 Å². The van der Waals surface area contributed by atoms with Gasteiger partial charge in [-0.25, -0.2) is 0 Å². The molecular weight excluding hydrogens is 204 g/mol. The van der Waals surface area contributed by atoms with Gasteiger partial charge in [-0.1, -0.05) is 0 Å². The van der Waals surface area contributed by atoms with Gasteiger partial charge in [0.25, 0.3) is 0 Å². The number of thiophene rings is 1. The smallest absolute Gasteiger partial charge is 0.129 e. The molecule has 0 radical (unpaired) electrons. The molecule has 0 saturated heterocycles. The minimum atomic E-state index is -0.0930. The SMILES string of the molecule is OCc1c(S)c(O)cc2ccsc12. The van der Waals surface area contributed by atoms with Crippen molar-refractivity contribution in [2.24, 2.45) is 0 Å². The number of hydrogen-bond donors (Lipinski definition) is 3. The number of aromatic hydroxyl groups is 1. The van der Waals surface area contributed by atoms with Crippen LogP contribution in [0.15, 0.2) is 22.4 Å². The van der Waals surface area contributed by atoms with Crippen molar-refractivity contribution in [3.8, 4) is 5.75 Å². The van der Waals surface area contributed by atoms with Gasteiger partial charge < -0.3 is 10.2 Å². The molecule has 68 valence electrons. The van der Waals surface area contributed by atoms with Crippen molar-refractivity contribution in [3.63, 3.8) is 0 Å². The highest BCUT2D eigenvalue weighted by Crippen LogP contribution is 2.35. The summed E-state index contributed by atoms with van der Waals surface area (Å²) in [7, 11) is 0. The number of aliphatic hydroxyl groups is 1. The topological polar surface area (TPSA) is 40.5 Å². The summed E-state index contributed by atoms with van der Waals surface area (Å²) in [5.74, 6) is 0.123. The zero-order valence-corrected chi connectivity index (χ0v) is 8.40. The third kappa shape index (κ3) is 1.31. The maximum Gasteiger partial charge on any atom is 0.129 e. The summed E-state index contributed by atoms with van der Waals surface area (Å²) in [4.78, 5) is 0.470. The zero-order chi connectivity index (χ0) is 9.42. The average molecular weight is 212 g/mol. The third-order valence-corrected chi connectivity index (χ3v) is 3.44. The van der Waals surface area contributed by atoms with Crippen LogP contribution in [0.3, 0.4) is 0 Å². The van der Waals surface area contributed by atoms with E-state index in [-0.39, 0.29) is 12.4 Å². The van der Waals surface area contributed by atoms with E-state index in [4.69, 9.17) is 5.11 Å². The number of benzene rings is 1. The molecule has 2 nitrogen and oxygen atoms in total. The van der Waals surface area contributed by atoms with E-state index in [0.29, 0.717) is 10.5 Å². The molecule has 2 aromatic rings. The molecule has 0 unspecified atom stereocenters. The molecule has 1 aromatic carbocycles. The Balaban J connectivity index is 2.87. The van der Waals surface area contributed by atoms with Crippen molar-refractivity contribution in [1.82, 2.24) is 0 Å². The minimum absolute atomic E-state index is 0.0930. The van der Waals surface area contributed by atoms with E-state index < -0.39 is 0 Å². The lowest BCUT2D eigenvalue weighted by Crippen LogP contribution is -1.86. The lowest BCUT2D eigenvalue weighted by molar-refractivity contribution is 0.279. The largest absolute Gasteiger partial charge is 0.507 e. The Morgan fingerprint density at radius 3 is 2.92 bits per heavy atom. The summed E-state index contributed by atoms with van der Waals surface area (Å²) in [5.41, 5.74) is 0.702. The van der Waals surface area contributed by atoms with Gasteiger partial charge in [0.2, 0.25) is 0 Å². The lowest BCUT2D eigenvalue weighted by Gasteiger charge is -2.05. The van der Waals surface area contributed by atoms with E-state index in [1.54, 1.807) is 17.4 Å². The second kappa shape index (κ2) is 3.21. The quantitative estimate of drug-likeness (QED) is 0.635. The van der Waals surface area contributed by atoms with Crippen LogP contribution in [-0.4, -0.2) is 10.2 Å². The van der Waals surface area contributed by atoms with Crippen LogP contribution in [0.4, 0.5) is 0 Å². The number of phenolic OH excluding ortho intramolecular Hbond substituents is 1. The first-order valence-corrected chi connectivity index (χ1v) is 5.08. The molecule has 0 aliphatic heterocycles. The highest BCUT2D eigenvalue weighted by Gasteiger charge is 2.09. The standard InChI is InChI=1S/C9H8O2S2/c10-4-6-8(12)7(11)3-5-1-2-13-9(5)6/h1-3,10-12H,4H2. The van der Waals surface area contributed by atoms with Crippen LogP contribution in [0.2, 0.25) is 0 Å². The third-order valence-electron chi connectivity index (χ3n) is 1.95. The average Bonchev–Trinajstić information content (AvgIpc) is 2.54. The van der Waals surface area contributed by atoms with Gasteiger partial charge >= 0.3 is 0 Å². The molecule has 0 saturated carbocycles. The summed E-state index contributed by atoms with van der Waals surface area (Å²) < 4.78 is 0.991. The molecule has 2 rings (SSSR count). The van der Waals surface area contributed by atoms with Crippen LogP contribution >= 0.6 is 24.0 Å². The Hall–Kier alpha value is -0.710. The van der Waals surface area contributed by atoms with Gasteiger partial charge in [0.15, 0.2) is 0 Å².